The molecule has 3 aromatic rings. The number of carbonyl (C=O) groups is 6. The first kappa shape index (κ1) is 32.5. The van der Waals surface area contributed by atoms with Crippen molar-refractivity contribution in [1.82, 2.24) is 0 Å². The molecule has 12 nitrogen and oxygen atoms in total. The van der Waals surface area contributed by atoms with Crippen molar-refractivity contribution < 1.29 is 59.4 Å². The van der Waals surface area contributed by atoms with E-state index < -0.39 is 35.8 Å². The number of carboxylic acids is 6. The Morgan fingerprint density at radius 2 is 0.725 bits per heavy atom. The predicted octanol–water partition coefficient (Wildman–Crippen LogP) is 4.37. The molecule has 0 fully saturated rings. The summed E-state index contributed by atoms with van der Waals surface area (Å²) in [5.74, 6) is -6.67. The quantitative estimate of drug-likeness (QED) is 0.228. The lowest BCUT2D eigenvalue weighted by atomic mass is 9.95. The van der Waals surface area contributed by atoms with E-state index in [0.29, 0.717) is 24.0 Å². The van der Waals surface area contributed by atoms with Crippen LogP contribution in [0.15, 0.2) is 60.7 Å². The highest BCUT2D eigenvalue weighted by atomic mass is 16.4. The topological polar surface area (TPSA) is 224 Å². The summed E-state index contributed by atoms with van der Waals surface area (Å²) in [5, 5.41) is 51.9. The monoisotopic (exact) mass is 554 g/mol. The van der Waals surface area contributed by atoms with Gasteiger partial charge in [0.15, 0.2) is 0 Å². The van der Waals surface area contributed by atoms with Crippen LogP contribution in [0.4, 0.5) is 0 Å². The lowest BCUT2D eigenvalue weighted by Gasteiger charge is -2.09. The van der Waals surface area contributed by atoms with Gasteiger partial charge in [-0.15, -0.1) is 0 Å². The second kappa shape index (κ2) is 15.0. The number of aromatic carboxylic acids is 6. The van der Waals surface area contributed by atoms with E-state index in [1.54, 1.807) is 6.07 Å². The van der Waals surface area contributed by atoms with Crippen LogP contribution in [-0.2, 0) is 12.8 Å². The van der Waals surface area contributed by atoms with Crippen molar-refractivity contribution in [3.63, 3.8) is 0 Å². The van der Waals surface area contributed by atoms with Crippen LogP contribution in [0.25, 0.3) is 0 Å². The standard InChI is InChI=1S/C12H14O4.2C8H6O4/c1-3-7-5-8(4-2)10(12(15)16)6-9(7)11(13)14;2*9-7(10)5-2-1-3-6(4-5)8(11)12/h5-6H,3-4H2,1-2H3,(H,13,14)(H,15,16);2*1-4H,(H,9,10)(H,11,12). The maximum absolute atomic E-state index is 11.0. The average molecular weight is 555 g/mol. The number of carboxylic acid groups (broad SMARTS) is 6. The van der Waals surface area contributed by atoms with Crippen LogP contribution in [0.5, 0.6) is 0 Å². The Morgan fingerprint density at radius 3 is 0.925 bits per heavy atom. The molecule has 3 aromatic carbocycles. The van der Waals surface area contributed by atoms with Crippen LogP contribution in [0.2, 0.25) is 0 Å². The summed E-state index contributed by atoms with van der Waals surface area (Å²) in [6.07, 6.45) is 1.16. The SMILES string of the molecule is CCc1cc(CC)c(C(=O)O)cc1C(=O)O.O=C(O)c1cccc(C(=O)O)c1.O=C(O)c1cccc(C(=O)O)c1. The minimum atomic E-state index is -1.13. The first-order valence-corrected chi connectivity index (χ1v) is 11.5. The fourth-order valence-corrected chi connectivity index (χ4v) is 3.25. The van der Waals surface area contributed by atoms with Gasteiger partial charge in [-0.2, -0.15) is 0 Å². The van der Waals surface area contributed by atoms with Gasteiger partial charge in [-0.25, -0.2) is 28.8 Å². The highest BCUT2D eigenvalue weighted by Gasteiger charge is 2.16. The lowest BCUT2D eigenvalue weighted by Crippen LogP contribution is -2.09. The average Bonchev–Trinajstić information content (AvgIpc) is 2.92. The second-order valence-corrected chi connectivity index (χ2v) is 7.87. The summed E-state index contributed by atoms with van der Waals surface area (Å²) in [5.41, 5.74) is 1.44. The van der Waals surface area contributed by atoms with Gasteiger partial charge < -0.3 is 30.6 Å². The maximum atomic E-state index is 11.0. The highest BCUT2D eigenvalue weighted by molar-refractivity contribution is 5.96. The van der Waals surface area contributed by atoms with Crippen molar-refractivity contribution in [1.29, 1.82) is 0 Å². The molecule has 0 amide bonds. The number of hydrogen-bond acceptors (Lipinski definition) is 6. The molecule has 40 heavy (non-hydrogen) atoms. The molecule has 0 saturated carbocycles. The Morgan fingerprint density at radius 1 is 0.450 bits per heavy atom. The van der Waals surface area contributed by atoms with Gasteiger partial charge in [-0.05, 0) is 66.4 Å². The van der Waals surface area contributed by atoms with E-state index in [1.165, 1.54) is 42.5 Å². The lowest BCUT2D eigenvalue weighted by molar-refractivity contribution is 0.0675. The van der Waals surface area contributed by atoms with Crippen molar-refractivity contribution in [2.45, 2.75) is 26.7 Å². The van der Waals surface area contributed by atoms with Crippen molar-refractivity contribution in [3.8, 4) is 0 Å². The Labute approximate surface area is 227 Å². The molecule has 0 aliphatic rings. The molecule has 12 heteroatoms. The Hall–Kier alpha value is -5.52. The summed E-state index contributed by atoms with van der Waals surface area (Å²) in [6, 6.07) is 13.3. The molecule has 0 heterocycles. The second-order valence-electron chi connectivity index (χ2n) is 7.87. The summed E-state index contributed by atoms with van der Waals surface area (Å²) in [4.78, 5) is 63.5. The molecule has 6 N–H and O–H groups in total. The van der Waals surface area contributed by atoms with Gasteiger partial charge in [-0.1, -0.05) is 32.0 Å². The minimum absolute atomic E-state index is 0.0186. The number of hydrogen-bond donors (Lipinski definition) is 6. The Kier molecular flexibility index (Phi) is 12.2. The molecule has 0 aromatic heterocycles. The molecule has 0 radical (unpaired) electrons. The molecule has 0 unspecified atom stereocenters. The van der Waals surface area contributed by atoms with Gasteiger partial charge in [0.1, 0.15) is 0 Å². The van der Waals surface area contributed by atoms with Crippen LogP contribution in [0, 0.1) is 0 Å². The molecular formula is C28H26O12. The highest BCUT2D eigenvalue weighted by Crippen LogP contribution is 2.19. The Bertz CT molecular complexity index is 1280. The molecule has 0 aliphatic heterocycles. The van der Waals surface area contributed by atoms with Crippen LogP contribution >= 0.6 is 0 Å². The van der Waals surface area contributed by atoms with E-state index in [4.69, 9.17) is 30.6 Å². The predicted molar refractivity (Wildman–Crippen MR) is 140 cm³/mol. The minimum Gasteiger partial charge on any atom is -0.478 e. The van der Waals surface area contributed by atoms with Gasteiger partial charge in [0.2, 0.25) is 0 Å². The number of rotatable bonds is 8. The van der Waals surface area contributed by atoms with Crippen LogP contribution in [-0.4, -0.2) is 66.5 Å². The fraction of sp³-hybridized carbons (Fsp3) is 0.143. The number of aryl methyl sites for hydroxylation is 2. The van der Waals surface area contributed by atoms with Crippen molar-refractivity contribution in [2.75, 3.05) is 0 Å². The molecule has 0 atom stereocenters. The summed E-state index contributed by atoms with van der Waals surface area (Å²) in [7, 11) is 0. The molecule has 3 rings (SSSR count). The zero-order valence-corrected chi connectivity index (χ0v) is 21.3. The van der Waals surface area contributed by atoms with E-state index in [0.717, 1.165) is 12.1 Å². The van der Waals surface area contributed by atoms with Crippen LogP contribution in [0.1, 0.15) is 87.1 Å². The van der Waals surface area contributed by atoms with Crippen molar-refractivity contribution >= 4 is 35.8 Å². The van der Waals surface area contributed by atoms with Crippen LogP contribution in [0.3, 0.4) is 0 Å². The van der Waals surface area contributed by atoms with Crippen molar-refractivity contribution in [3.05, 3.63) is 105 Å². The first-order valence-electron chi connectivity index (χ1n) is 11.5. The fourth-order valence-electron chi connectivity index (χ4n) is 3.25. The third-order valence-corrected chi connectivity index (χ3v) is 5.26. The Balaban J connectivity index is 0.000000305. The zero-order valence-electron chi connectivity index (χ0n) is 21.3. The van der Waals surface area contributed by atoms with Gasteiger partial charge in [0.05, 0.1) is 33.4 Å². The van der Waals surface area contributed by atoms with Gasteiger partial charge in [0, 0.05) is 0 Å². The third kappa shape index (κ3) is 9.41. The molecule has 210 valence electrons. The molecule has 0 saturated heterocycles. The third-order valence-electron chi connectivity index (χ3n) is 5.26. The van der Waals surface area contributed by atoms with Gasteiger partial charge in [0.25, 0.3) is 0 Å². The molecule has 0 spiro atoms. The zero-order chi connectivity index (χ0) is 30.6. The summed E-state index contributed by atoms with van der Waals surface area (Å²) < 4.78 is 0. The number of benzene rings is 3. The van der Waals surface area contributed by atoms with E-state index in [1.807, 2.05) is 13.8 Å². The molecular weight excluding hydrogens is 528 g/mol. The van der Waals surface area contributed by atoms with E-state index in [9.17, 15) is 28.8 Å². The van der Waals surface area contributed by atoms with E-state index in [2.05, 4.69) is 0 Å². The normalized spacial score (nSPS) is 9.65. The largest absolute Gasteiger partial charge is 0.478 e. The van der Waals surface area contributed by atoms with Gasteiger partial charge >= 0.3 is 35.8 Å². The van der Waals surface area contributed by atoms with E-state index >= 15 is 0 Å². The molecule has 0 bridgehead atoms. The summed E-state index contributed by atoms with van der Waals surface area (Å²) in [6.45, 7) is 3.70. The van der Waals surface area contributed by atoms with Crippen molar-refractivity contribution in [2.24, 2.45) is 0 Å². The van der Waals surface area contributed by atoms with Gasteiger partial charge in [-0.3, -0.25) is 0 Å². The smallest absolute Gasteiger partial charge is 0.335 e. The summed E-state index contributed by atoms with van der Waals surface area (Å²) >= 11 is 0. The van der Waals surface area contributed by atoms with E-state index in [-0.39, 0.29) is 33.4 Å². The maximum Gasteiger partial charge on any atom is 0.335 e. The first-order chi connectivity index (χ1) is 18.7. The van der Waals surface area contributed by atoms with Crippen LogP contribution < -0.4 is 0 Å². The molecule has 0 aliphatic carbocycles.